The lowest BCUT2D eigenvalue weighted by atomic mass is 9.91. The lowest BCUT2D eigenvalue weighted by Crippen LogP contribution is -2.46. The molecule has 4 heteroatoms. The Kier molecular flexibility index (Phi) is 5.89. The van der Waals surface area contributed by atoms with Crippen LogP contribution in [0.4, 0.5) is 0 Å². The van der Waals surface area contributed by atoms with Crippen molar-refractivity contribution in [1.82, 2.24) is 9.80 Å². The molecule has 4 nitrogen and oxygen atoms in total. The monoisotopic (exact) mass is 255 g/mol. The first-order chi connectivity index (χ1) is 8.79. The standard InChI is InChI=1S/C14H29N3O/c1-2-17(14-5-3-13(15)4-6-14)8-7-16-9-11-18-12-10-16/h13-14H,2-12,15H2,1H3. The molecule has 2 N–H and O–H groups in total. The van der Waals surface area contributed by atoms with Crippen molar-refractivity contribution < 1.29 is 4.74 Å². The van der Waals surface area contributed by atoms with Crippen molar-refractivity contribution in [3.63, 3.8) is 0 Å². The summed E-state index contributed by atoms with van der Waals surface area (Å²) in [5.74, 6) is 0. The first kappa shape index (κ1) is 14.3. The predicted molar refractivity (Wildman–Crippen MR) is 74.7 cm³/mol. The zero-order chi connectivity index (χ0) is 12.8. The van der Waals surface area contributed by atoms with E-state index in [0.29, 0.717) is 6.04 Å². The normalized spacial score (nSPS) is 30.8. The second kappa shape index (κ2) is 7.43. The van der Waals surface area contributed by atoms with Gasteiger partial charge in [0.25, 0.3) is 0 Å². The lowest BCUT2D eigenvalue weighted by molar-refractivity contribution is 0.0295. The van der Waals surface area contributed by atoms with Gasteiger partial charge in [-0.2, -0.15) is 0 Å². The number of nitrogens with two attached hydrogens (primary N) is 1. The molecule has 0 aromatic carbocycles. The van der Waals surface area contributed by atoms with Crippen LogP contribution in [0.2, 0.25) is 0 Å². The van der Waals surface area contributed by atoms with E-state index < -0.39 is 0 Å². The molecule has 1 aliphatic heterocycles. The molecule has 1 heterocycles. The summed E-state index contributed by atoms with van der Waals surface area (Å²) in [6.45, 7) is 9.88. The third kappa shape index (κ3) is 4.19. The van der Waals surface area contributed by atoms with E-state index in [4.69, 9.17) is 10.5 Å². The molecular weight excluding hydrogens is 226 g/mol. The van der Waals surface area contributed by atoms with E-state index >= 15 is 0 Å². The highest BCUT2D eigenvalue weighted by Gasteiger charge is 2.23. The fourth-order valence-corrected chi connectivity index (χ4v) is 3.16. The summed E-state index contributed by atoms with van der Waals surface area (Å²) >= 11 is 0. The molecule has 0 bridgehead atoms. The fourth-order valence-electron chi connectivity index (χ4n) is 3.16. The Hall–Kier alpha value is -0.160. The van der Waals surface area contributed by atoms with E-state index in [2.05, 4.69) is 16.7 Å². The van der Waals surface area contributed by atoms with Gasteiger partial charge in [-0.3, -0.25) is 9.80 Å². The van der Waals surface area contributed by atoms with Crippen molar-refractivity contribution in [3.05, 3.63) is 0 Å². The Balaban J connectivity index is 1.71. The predicted octanol–water partition coefficient (Wildman–Crippen LogP) is 0.910. The van der Waals surface area contributed by atoms with Gasteiger partial charge in [0.1, 0.15) is 0 Å². The minimum Gasteiger partial charge on any atom is -0.379 e. The van der Waals surface area contributed by atoms with Crippen LogP contribution in [0.5, 0.6) is 0 Å². The van der Waals surface area contributed by atoms with Gasteiger partial charge in [-0.05, 0) is 32.2 Å². The van der Waals surface area contributed by atoms with Crippen LogP contribution in [-0.4, -0.2) is 67.8 Å². The average molecular weight is 255 g/mol. The van der Waals surface area contributed by atoms with Crippen LogP contribution in [0, 0.1) is 0 Å². The first-order valence-corrected chi connectivity index (χ1v) is 7.59. The maximum Gasteiger partial charge on any atom is 0.0594 e. The number of hydrogen-bond acceptors (Lipinski definition) is 4. The SMILES string of the molecule is CCN(CCN1CCOCC1)C1CCC(N)CC1. The van der Waals surface area contributed by atoms with Crippen LogP contribution in [0.1, 0.15) is 32.6 Å². The fraction of sp³-hybridized carbons (Fsp3) is 1.00. The lowest BCUT2D eigenvalue weighted by Gasteiger charge is -2.37. The molecule has 0 aromatic heterocycles. The highest BCUT2D eigenvalue weighted by molar-refractivity contribution is 4.81. The summed E-state index contributed by atoms with van der Waals surface area (Å²) in [7, 11) is 0. The molecule has 18 heavy (non-hydrogen) atoms. The van der Waals surface area contributed by atoms with Crippen molar-refractivity contribution >= 4 is 0 Å². The van der Waals surface area contributed by atoms with Crippen LogP contribution in [0.15, 0.2) is 0 Å². The molecule has 106 valence electrons. The van der Waals surface area contributed by atoms with E-state index in [0.717, 1.165) is 32.3 Å². The topological polar surface area (TPSA) is 41.7 Å². The molecule has 0 spiro atoms. The Morgan fingerprint density at radius 2 is 1.83 bits per heavy atom. The Morgan fingerprint density at radius 3 is 2.44 bits per heavy atom. The quantitative estimate of drug-likeness (QED) is 0.793. The number of morpholine rings is 1. The van der Waals surface area contributed by atoms with Crippen molar-refractivity contribution in [1.29, 1.82) is 0 Å². The molecule has 2 fully saturated rings. The van der Waals surface area contributed by atoms with Gasteiger partial charge in [0.2, 0.25) is 0 Å². The van der Waals surface area contributed by atoms with Crippen molar-refractivity contribution in [2.24, 2.45) is 5.73 Å². The average Bonchev–Trinajstić information content (AvgIpc) is 2.42. The summed E-state index contributed by atoms with van der Waals surface area (Å²) in [6.07, 6.45) is 4.99. The summed E-state index contributed by atoms with van der Waals surface area (Å²) < 4.78 is 5.39. The summed E-state index contributed by atoms with van der Waals surface area (Å²) in [5, 5.41) is 0. The molecule has 0 unspecified atom stereocenters. The Labute approximate surface area is 111 Å². The second-order valence-electron chi connectivity index (χ2n) is 5.65. The number of likely N-dealkylation sites (N-methyl/N-ethyl adjacent to an activating group) is 1. The second-order valence-corrected chi connectivity index (χ2v) is 5.65. The summed E-state index contributed by atoms with van der Waals surface area (Å²) in [4.78, 5) is 5.18. The largest absolute Gasteiger partial charge is 0.379 e. The smallest absolute Gasteiger partial charge is 0.0594 e. The van der Waals surface area contributed by atoms with Crippen LogP contribution in [0.3, 0.4) is 0 Å². The van der Waals surface area contributed by atoms with E-state index in [1.165, 1.54) is 45.3 Å². The molecule has 0 aromatic rings. The van der Waals surface area contributed by atoms with Gasteiger partial charge < -0.3 is 10.5 Å². The van der Waals surface area contributed by atoms with Crippen molar-refractivity contribution in [2.75, 3.05) is 45.9 Å². The molecule has 2 aliphatic rings. The van der Waals surface area contributed by atoms with Gasteiger partial charge in [-0.1, -0.05) is 6.92 Å². The first-order valence-electron chi connectivity index (χ1n) is 7.59. The minimum atomic E-state index is 0.458. The molecular formula is C14H29N3O. The molecule has 1 saturated heterocycles. The van der Waals surface area contributed by atoms with Crippen molar-refractivity contribution in [2.45, 2.75) is 44.7 Å². The molecule has 0 atom stereocenters. The van der Waals surface area contributed by atoms with Gasteiger partial charge >= 0.3 is 0 Å². The zero-order valence-corrected chi connectivity index (χ0v) is 11.8. The highest BCUT2D eigenvalue weighted by Crippen LogP contribution is 2.21. The molecule has 0 radical (unpaired) electrons. The van der Waals surface area contributed by atoms with Crippen LogP contribution >= 0.6 is 0 Å². The maximum absolute atomic E-state index is 5.99. The molecule has 1 saturated carbocycles. The molecule has 2 rings (SSSR count). The van der Waals surface area contributed by atoms with E-state index in [9.17, 15) is 0 Å². The zero-order valence-electron chi connectivity index (χ0n) is 11.8. The van der Waals surface area contributed by atoms with Crippen LogP contribution < -0.4 is 5.73 Å². The third-order valence-corrected chi connectivity index (χ3v) is 4.47. The third-order valence-electron chi connectivity index (χ3n) is 4.47. The highest BCUT2D eigenvalue weighted by atomic mass is 16.5. The number of rotatable bonds is 5. The number of nitrogens with zero attached hydrogens (tertiary/aromatic N) is 2. The van der Waals surface area contributed by atoms with Crippen molar-refractivity contribution in [3.8, 4) is 0 Å². The Bertz CT molecular complexity index is 223. The summed E-state index contributed by atoms with van der Waals surface area (Å²) in [6, 6.07) is 1.23. The summed E-state index contributed by atoms with van der Waals surface area (Å²) in [5.41, 5.74) is 5.99. The minimum absolute atomic E-state index is 0.458. The maximum atomic E-state index is 5.99. The van der Waals surface area contributed by atoms with Crippen LogP contribution in [0.25, 0.3) is 0 Å². The molecule has 0 amide bonds. The van der Waals surface area contributed by atoms with Gasteiger partial charge in [-0.15, -0.1) is 0 Å². The van der Waals surface area contributed by atoms with E-state index in [-0.39, 0.29) is 0 Å². The van der Waals surface area contributed by atoms with Gasteiger partial charge in [0.05, 0.1) is 13.2 Å². The number of hydrogen-bond donors (Lipinski definition) is 1. The Morgan fingerprint density at radius 1 is 1.17 bits per heavy atom. The van der Waals surface area contributed by atoms with Gasteiger partial charge in [0, 0.05) is 38.3 Å². The van der Waals surface area contributed by atoms with E-state index in [1.54, 1.807) is 0 Å². The van der Waals surface area contributed by atoms with E-state index in [1.807, 2.05) is 0 Å². The van der Waals surface area contributed by atoms with Gasteiger partial charge in [0.15, 0.2) is 0 Å². The van der Waals surface area contributed by atoms with Crippen LogP contribution in [-0.2, 0) is 4.74 Å². The number of ether oxygens (including phenoxy) is 1. The molecule has 1 aliphatic carbocycles. The van der Waals surface area contributed by atoms with Gasteiger partial charge in [-0.25, -0.2) is 0 Å².